The van der Waals surface area contributed by atoms with Crippen LogP contribution in [0.2, 0.25) is 0 Å². The molecule has 0 saturated carbocycles. The number of benzene rings is 2. The zero-order chi connectivity index (χ0) is 21.3. The quantitative estimate of drug-likeness (QED) is 0.482. The lowest BCUT2D eigenvalue weighted by molar-refractivity contribution is -0.0496. The predicted octanol–water partition coefficient (Wildman–Crippen LogP) is 4.73. The van der Waals surface area contributed by atoms with Gasteiger partial charge in [-0.3, -0.25) is 0 Å². The van der Waals surface area contributed by atoms with Crippen molar-refractivity contribution in [2.24, 2.45) is 0 Å². The third-order valence-corrected chi connectivity index (χ3v) is 9.69. The van der Waals surface area contributed by atoms with E-state index in [4.69, 9.17) is 13.1 Å². The second kappa shape index (κ2) is 8.04. The van der Waals surface area contributed by atoms with Gasteiger partial charge < -0.3 is 9.47 Å². The maximum Gasteiger partial charge on any atom is 0.523 e. The molecule has 29 heavy (non-hydrogen) atoms. The lowest BCUT2D eigenvalue weighted by Gasteiger charge is -2.35. The Morgan fingerprint density at radius 3 is 2.55 bits per heavy atom. The van der Waals surface area contributed by atoms with E-state index in [9.17, 15) is 26.4 Å². The fraction of sp³-hybridized carbons (Fsp3) is 0.389. The maximum atomic E-state index is 13.1. The predicted molar refractivity (Wildman–Crippen MR) is 102 cm³/mol. The summed E-state index contributed by atoms with van der Waals surface area (Å²) in [5.74, 6) is -0.171. The Labute approximate surface area is 167 Å². The largest absolute Gasteiger partial charge is 0.523 e. The van der Waals surface area contributed by atoms with Gasteiger partial charge in [0.2, 0.25) is 0 Å². The van der Waals surface area contributed by atoms with Crippen LogP contribution in [0.1, 0.15) is 13.3 Å². The summed E-state index contributed by atoms with van der Waals surface area (Å²) in [5.41, 5.74) is -5.56. The summed E-state index contributed by atoms with van der Waals surface area (Å²) in [6, 6.07) is 11.9. The van der Waals surface area contributed by atoms with Gasteiger partial charge >= 0.3 is 21.8 Å². The number of hydrogen-bond donors (Lipinski definition) is 0. The molecule has 0 aromatic heterocycles. The molecule has 2 aromatic carbocycles. The van der Waals surface area contributed by atoms with Crippen molar-refractivity contribution in [2.45, 2.75) is 29.9 Å². The maximum absolute atomic E-state index is 13.1. The molecule has 0 aliphatic carbocycles. The Bertz CT molecular complexity index is 1000. The summed E-state index contributed by atoms with van der Waals surface area (Å²) >= 11 is 0. The molecule has 2 aromatic rings. The minimum atomic E-state index is -5.85. The highest BCUT2D eigenvalue weighted by atomic mass is 32.3. The first-order chi connectivity index (χ1) is 13.6. The molecule has 0 spiro atoms. The Kier molecular flexibility index (Phi) is 6.02. The normalized spacial score (nSPS) is 24.8. The van der Waals surface area contributed by atoms with Crippen LogP contribution < -0.4 is 0 Å². The van der Waals surface area contributed by atoms with E-state index in [0.29, 0.717) is 10.3 Å². The molecule has 0 N–H and O–H groups in total. The van der Waals surface area contributed by atoms with Crippen molar-refractivity contribution in [3.05, 3.63) is 42.5 Å². The summed E-state index contributed by atoms with van der Waals surface area (Å²) < 4.78 is 77.8. The van der Waals surface area contributed by atoms with Crippen molar-refractivity contribution in [1.82, 2.24) is 0 Å². The number of halogens is 3. The molecule has 0 radical (unpaired) electrons. The van der Waals surface area contributed by atoms with Crippen LogP contribution in [-0.4, -0.2) is 44.3 Å². The Hall–Kier alpha value is -1.98. The van der Waals surface area contributed by atoms with E-state index in [1.165, 1.54) is 0 Å². The summed E-state index contributed by atoms with van der Waals surface area (Å²) in [5, 5.41) is 1.33. The number of ether oxygens (including phenoxy) is 2. The van der Waals surface area contributed by atoms with Crippen LogP contribution in [0.15, 0.2) is 47.4 Å². The molecule has 1 aliphatic rings. The van der Waals surface area contributed by atoms with Gasteiger partial charge in [-0.15, -0.1) is 0 Å². The molecule has 1 heterocycles. The number of fused-ring (bicyclic) bond motifs is 1. The smallest absolute Gasteiger partial charge is 0.435 e. The third-order valence-electron chi connectivity index (χ3n) is 4.40. The van der Waals surface area contributed by atoms with Crippen LogP contribution in [-0.2, 0) is 23.2 Å². The fourth-order valence-corrected chi connectivity index (χ4v) is 8.62. The summed E-state index contributed by atoms with van der Waals surface area (Å²) in [6.07, 6.45) is -1.61. The monoisotopic (exact) mass is 452 g/mol. The van der Waals surface area contributed by atoms with Crippen LogP contribution in [0.5, 0.6) is 0 Å². The van der Waals surface area contributed by atoms with Crippen molar-refractivity contribution in [1.29, 1.82) is 0 Å². The van der Waals surface area contributed by atoms with Crippen molar-refractivity contribution in [2.75, 3.05) is 18.1 Å². The number of carbonyl (C=O) groups excluding carboxylic acids is 1. The van der Waals surface area contributed by atoms with Crippen LogP contribution in [0.4, 0.5) is 18.0 Å². The van der Waals surface area contributed by atoms with Gasteiger partial charge in [-0.25, -0.2) is 8.42 Å². The lowest BCUT2D eigenvalue weighted by Crippen LogP contribution is -2.28. The van der Waals surface area contributed by atoms with Crippen molar-refractivity contribution in [3.8, 4) is 0 Å². The molecule has 1 aliphatic heterocycles. The van der Waals surface area contributed by atoms with Gasteiger partial charge in [-0.2, -0.15) is 21.6 Å². The van der Waals surface area contributed by atoms with E-state index in [-0.39, 0.29) is 24.5 Å². The first kappa shape index (κ1) is 21.7. The molecule has 3 rings (SSSR count). The molecule has 1 fully saturated rings. The van der Waals surface area contributed by atoms with Crippen LogP contribution in [0.3, 0.4) is 0 Å². The van der Waals surface area contributed by atoms with E-state index in [0.717, 1.165) is 5.39 Å². The van der Waals surface area contributed by atoms with E-state index in [2.05, 4.69) is 0 Å². The summed E-state index contributed by atoms with van der Waals surface area (Å²) in [7, 11) is -8.81. The van der Waals surface area contributed by atoms with E-state index in [1.54, 1.807) is 49.4 Å². The number of hydrogen-bond acceptors (Lipinski definition) is 6. The fourth-order valence-electron chi connectivity index (χ4n) is 3.20. The third kappa shape index (κ3) is 4.46. The minimum absolute atomic E-state index is 0.000386. The lowest BCUT2D eigenvalue weighted by atomic mass is 10.1. The molecular weight excluding hydrogens is 433 g/mol. The summed E-state index contributed by atoms with van der Waals surface area (Å²) in [4.78, 5) is 12.0. The van der Waals surface area contributed by atoms with Gasteiger partial charge in [-0.05, 0) is 30.2 Å². The van der Waals surface area contributed by atoms with E-state index < -0.39 is 38.2 Å². The van der Waals surface area contributed by atoms with Gasteiger partial charge in [0, 0.05) is 16.4 Å². The average Bonchev–Trinajstić information content (AvgIpc) is 3.03. The Morgan fingerprint density at radius 1 is 1.17 bits per heavy atom. The van der Waals surface area contributed by atoms with Crippen LogP contribution in [0, 0.1) is 0 Å². The van der Waals surface area contributed by atoms with Gasteiger partial charge in [0.15, 0.2) is 0 Å². The number of alkyl halides is 3. The Balaban J connectivity index is 2.05. The van der Waals surface area contributed by atoms with Gasteiger partial charge in [0.1, 0.15) is 6.10 Å². The first-order valence-electron chi connectivity index (χ1n) is 8.70. The van der Waals surface area contributed by atoms with E-state index in [1.807, 2.05) is 0 Å². The topological polar surface area (TPSA) is 78.9 Å². The van der Waals surface area contributed by atoms with Gasteiger partial charge in [0.05, 0.1) is 6.61 Å². The number of rotatable bonds is 5. The SMILES string of the molecule is CCOC(=O)OC1CCS(OS(=O)(=O)C(F)(F)F)(c2cccc3ccccc23)C1. The highest BCUT2D eigenvalue weighted by molar-refractivity contribution is 8.33. The summed E-state index contributed by atoms with van der Waals surface area (Å²) in [6.45, 7) is 1.66. The molecule has 0 amide bonds. The first-order valence-corrected chi connectivity index (χ1v) is 12.0. The highest BCUT2D eigenvalue weighted by Crippen LogP contribution is 2.65. The van der Waals surface area contributed by atoms with Crippen LogP contribution in [0.25, 0.3) is 10.8 Å². The molecule has 1 saturated heterocycles. The molecule has 6 nitrogen and oxygen atoms in total. The zero-order valence-corrected chi connectivity index (χ0v) is 17.0. The number of carbonyl (C=O) groups is 1. The van der Waals surface area contributed by atoms with Crippen molar-refractivity contribution >= 4 is 37.4 Å². The second-order valence-corrected chi connectivity index (χ2v) is 11.1. The molecular formula is C18H19F3O6S2. The second-order valence-electron chi connectivity index (χ2n) is 6.34. The Morgan fingerprint density at radius 2 is 1.86 bits per heavy atom. The van der Waals surface area contributed by atoms with Crippen molar-refractivity contribution < 1.29 is 39.5 Å². The van der Waals surface area contributed by atoms with Gasteiger partial charge in [0.25, 0.3) is 0 Å². The van der Waals surface area contributed by atoms with Crippen molar-refractivity contribution in [3.63, 3.8) is 0 Å². The van der Waals surface area contributed by atoms with Gasteiger partial charge in [-0.1, -0.05) is 46.7 Å². The standard InChI is InChI=1S/C18H19F3O6S2/c1-2-25-17(22)26-14-10-11-28(12-14,27-29(23,24)18(19,20)21)16-9-5-7-13-6-3-4-8-15(13)16/h3-9,14H,2,10-12H2,1H3. The van der Waals surface area contributed by atoms with Crippen LogP contribution >= 0.6 is 10.3 Å². The zero-order valence-electron chi connectivity index (χ0n) is 15.3. The van der Waals surface area contributed by atoms with E-state index >= 15 is 0 Å². The molecule has 11 heteroatoms. The molecule has 160 valence electrons. The molecule has 2 unspecified atom stereocenters. The minimum Gasteiger partial charge on any atom is -0.435 e. The average molecular weight is 452 g/mol. The molecule has 2 atom stereocenters. The highest BCUT2D eigenvalue weighted by Gasteiger charge is 2.53. The molecule has 0 bridgehead atoms.